The molecule has 2 aliphatic rings. The highest BCUT2D eigenvalue weighted by atomic mass is 16.2. The van der Waals surface area contributed by atoms with Crippen LogP contribution in [0.1, 0.15) is 45.4 Å². The SMILES string of the molecule is CC(NCCN(C)C1CCCC1)C(=O)N1CCCC1. The van der Waals surface area contributed by atoms with Gasteiger partial charge in [-0.3, -0.25) is 4.79 Å². The first-order valence-corrected chi connectivity index (χ1v) is 7.91. The van der Waals surface area contributed by atoms with Crippen LogP contribution in [0, 0.1) is 0 Å². The monoisotopic (exact) mass is 267 g/mol. The number of likely N-dealkylation sites (tertiary alicyclic amines) is 1. The first kappa shape index (κ1) is 14.8. The van der Waals surface area contributed by atoms with Crippen LogP contribution < -0.4 is 5.32 Å². The smallest absolute Gasteiger partial charge is 0.239 e. The lowest BCUT2D eigenvalue weighted by Crippen LogP contribution is -2.46. The summed E-state index contributed by atoms with van der Waals surface area (Å²) in [5, 5.41) is 3.38. The van der Waals surface area contributed by atoms with E-state index in [9.17, 15) is 4.79 Å². The van der Waals surface area contributed by atoms with Crippen LogP contribution in [0.2, 0.25) is 0 Å². The molecule has 110 valence electrons. The van der Waals surface area contributed by atoms with Gasteiger partial charge < -0.3 is 15.1 Å². The zero-order valence-corrected chi connectivity index (χ0v) is 12.5. The van der Waals surface area contributed by atoms with Gasteiger partial charge in [-0.15, -0.1) is 0 Å². The molecule has 1 saturated heterocycles. The lowest BCUT2D eigenvalue weighted by molar-refractivity contribution is -0.131. The normalized spacial score (nSPS) is 22.4. The fraction of sp³-hybridized carbons (Fsp3) is 0.933. The van der Waals surface area contributed by atoms with Crippen molar-refractivity contribution in [2.75, 3.05) is 33.2 Å². The fourth-order valence-electron chi connectivity index (χ4n) is 3.28. The molecular weight excluding hydrogens is 238 g/mol. The number of hydrogen-bond acceptors (Lipinski definition) is 3. The highest BCUT2D eigenvalue weighted by Gasteiger charge is 2.23. The van der Waals surface area contributed by atoms with Crippen LogP contribution in [0.15, 0.2) is 0 Å². The maximum absolute atomic E-state index is 12.1. The Morgan fingerprint density at radius 1 is 1.26 bits per heavy atom. The van der Waals surface area contributed by atoms with Crippen molar-refractivity contribution in [3.8, 4) is 0 Å². The van der Waals surface area contributed by atoms with Crippen LogP contribution in [-0.4, -0.2) is 61.0 Å². The van der Waals surface area contributed by atoms with Gasteiger partial charge in [0.2, 0.25) is 5.91 Å². The van der Waals surface area contributed by atoms with Gasteiger partial charge in [-0.25, -0.2) is 0 Å². The summed E-state index contributed by atoms with van der Waals surface area (Å²) >= 11 is 0. The third-order valence-electron chi connectivity index (χ3n) is 4.65. The summed E-state index contributed by atoms with van der Waals surface area (Å²) in [5.41, 5.74) is 0. The molecule has 1 N–H and O–H groups in total. The molecule has 4 heteroatoms. The molecule has 0 radical (unpaired) electrons. The molecule has 0 aromatic heterocycles. The van der Waals surface area contributed by atoms with E-state index in [2.05, 4.69) is 17.3 Å². The third kappa shape index (κ3) is 4.18. The third-order valence-corrected chi connectivity index (χ3v) is 4.65. The molecule has 1 saturated carbocycles. The largest absolute Gasteiger partial charge is 0.341 e. The number of carbonyl (C=O) groups is 1. The topological polar surface area (TPSA) is 35.6 Å². The molecule has 0 bridgehead atoms. The molecule has 0 spiro atoms. The molecule has 2 rings (SSSR count). The predicted octanol–water partition coefficient (Wildman–Crippen LogP) is 1.46. The van der Waals surface area contributed by atoms with Crippen LogP contribution in [0.3, 0.4) is 0 Å². The number of likely N-dealkylation sites (N-methyl/N-ethyl adjacent to an activating group) is 1. The molecule has 1 heterocycles. The van der Waals surface area contributed by atoms with Crippen LogP contribution in [-0.2, 0) is 4.79 Å². The number of amides is 1. The summed E-state index contributed by atoms with van der Waals surface area (Å²) in [6.07, 6.45) is 7.79. The molecule has 19 heavy (non-hydrogen) atoms. The molecule has 1 aliphatic carbocycles. The first-order valence-electron chi connectivity index (χ1n) is 7.91. The van der Waals surface area contributed by atoms with Gasteiger partial charge in [0.15, 0.2) is 0 Å². The Labute approximate surface area is 117 Å². The molecule has 0 aromatic rings. The first-order chi connectivity index (χ1) is 9.18. The number of nitrogens with one attached hydrogen (secondary N) is 1. The molecule has 1 aliphatic heterocycles. The lowest BCUT2D eigenvalue weighted by atomic mass is 10.2. The van der Waals surface area contributed by atoms with Gasteiger partial charge >= 0.3 is 0 Å². The van der Waals surface area contributed by atoms with Crippen molar-refractivity contribution in [2.24, 2.45) is 0 Å². The van der Waals surface area contributed by atoms with Gasteiger partial charge in [-0.2, -0.15) is 0 Å². The zero-order valence-electron chi connectivity index (χ0n) is 12.5. The van der Waals surface area contributed by atoms with Crippen LogP contribution in [0.5, 0.6) is 0 Å². The second kappa shape index (κ2) is 7.25. The second-order valence-corrected chi connectivity index (χ2v) is 6.13. The summed E-state index contributed by atoms with van der Waals surface area (Å²) < 4.78 is 0. The van der Waals surface area contributed by atoms with E-state index >= 15 is 0 Å². The molecule has 0 aromatic carbocycles. The van der Waals surface area contributed by atoms with Gasteiger partial charge in [0.05, 0.1) is 6.04 Å². The molecule has 1 atom stereocenters. The molecule has 4 nitrogen and oxygen atoms in total. The minimum atomic E-state index is -0.0323. The molecule has 1 amide bonds. The van der Waals surface area contributed by atoms with E-state index in [1.165, 1.54) is 38.5 Å². The highest BCUT2D eigenvalue weighted by molar-refractivity contribution is 5.81. The molecular formula is C15H29N3O. The predicted molar refractivity (Wildman–Crippen MR) is 78.2 cm³/mol. The summed E-state index contributed by atoms with van der Waals surface area (Å²) in [4.78, 5) is 16.6. The Bertz CT molecular complexity index is 283. The van der Waals surface area contributed by atoms with Crippen molar-refractivity contribution in [3.63, 3.8) is 0 Å². The van der Waals surface area contributed by atoms with E-state index < -0.39 is 0 Å². The maximum Gasteiger partial charge on any atom is 0.239 e. The van der Waals surface area contributed by atoms with E-state index in [1.54, 1.807) is 0 Å². The van der Waals surface area contributed by atoms with Crippen molar-refractivity contribution in [1.29, 1.82) is 0 Å². The number of nitrogens with zero attached hydrogens (tertiary/aromatic N) is 2. The van der Waals surface area contributed by atoms with Crippen LogP contribution in [0.25, 0.3) is 0 Å². The van der Waals surface area contributed by atoms with Gasteiger partial charge in [0.1, 0.15) is 0 Å². The number of hydrogen-bond donors (Lipinski definition) is 1. The summed E-state index contributed by atoms with van der Waals surface area (Å²) in [6, 6.07) is 0.737. The van der Waals surface area contributed by atoms with Gasteiger partial charge in [0, 0.05) is 32.2 Å². The van der Waals surface area contributed by atoms with E-state index in [4.69, 9.17) is 0 Å². The Morgan fingerprint density at radius 2 is 1.89 bits per heavy atom. The Morgan fingerprint density at radius 3 is 2.53 bits per heavy atom. The van der Waals surface area contributed by atoms with Gasteiger partial charge in [-0.05, 0) is 39.7 Å². The minimum absolute atomic E-state index is 0.0323. The summed E-state index contributed by atoms with van der Waals surface area (Å²) in [6.45, 7) is 5.85. The zero-order chi connectivity index (χ0) is 13.7. The van der Waals surface area contributed by atoms with Gasteiger partial charge in [-0.1, -0.05) is 12.8 Å². The van der Waals surface area contributed by atoms with E-state index in [0.717, 1.165) is 32.2 Å². The molecule has 2 fully saturated rings. The van der Waals surface area contributed by atoms with Crippen molar-refractivity contribution in [3.05, 3.63) is 0 Å². The average molecular weight is 267 g/mol. The standard InChI is InChI=1S/C15H29N3O/c1-13(15(19)18-10-5-6-11-18)16-9-12-17(2)14-7-3-4-8-14/h13-14,16H,3-12H2,1-2H3. The van der Waals surface area contributed by atoms with Crippen molar-refractivity contribution in [2.45, 2.75) is 57.5 Å². The van der Waals surface area contributed by atoms with Crippen molar-refractivity contribution < 1.29 is 4.79 Å². The number of carbonyl (C=O) groups excluding carboxylic acids is 1. The van der Waals surface area contributed by atoms with E-state index in [0.29, 0.717) is 0 Å². The van der Waals surface area contributed by atoms with E-state index in [1.807, 2.05) is 11.8 Å². The quantitative estimate of drug-likeness (QED) is 0.791. The molecule has 1 unspecified atom stereocenters. The Kier molecular flexibility index (Phi) is 5.64. The average Bonchev–Trinajstić information content (AvgIpc) is 3.10. The maximum atomic E-state index is 12.1. The van der Waals surface area contributed by atoms with Crippen LogP contribution >= 0.6 is 0 Å². The van der Waals surface area contributed by atoms with Crippen molar-refractivity contribution >= 4 is 5.91 Å². The second-order valence-electron chi connectivity index (χ2n) is 6.13. The minimum Gasteiger partial charge on any atom is -0.341 e. The lowest BCUT2D eigenvalue weighted by Gasteiger charge is -2.26. The van der Waals surface area contributed by atoms with Crippen molar-refractivity contribution in [1.82, 2.24) is 15.1 Å². The number of rotatable bonds is 6. The fourth-order valence-corrected chi connectivity index (χ4v) is 3.28. The highest BCUT2D eigenvalue weighted by Crippen LogP contribution is 2.21. The summed E-state index contributed by atoms with van der Waals surface area (Å²) in [5.74, 6) is 0.279. The van der Waals surface area contributed by atoms with Gasteiger partial charge in [0.25, 0.3) is 0 Å². The van der Waals surface area contributed by atoms with Crippen LogP contribution in [0.4, 0.5) is 0 Å². The summed E-state index contributed by atoms with van der Waals surface area (Å²) in [7, 11) is 2.21. The Balaban J connectivity index is 1.62. The van der Waals surface area contributed by atoms with E-state index in [-0.39, 0.29) is 11.9 Å². The Hall–Kier alpha value is -0.610.